The number of aromatic nitrogens is 2. The lowest BCUT2D eigenvalue weighted by atomic mass is 10.1. The zero-order valence-corrected chi connectivity index (χ0v) is 12.9. The van der Waals surface area contributed by atoms with Crippen molar-refractivity contribution in [1.29, 1.82) is 0 Å². The predicted molar refractivity (Wildman–Crippen MR) is 81.1 cm³/mol. The van der Waals surface area contributed by atoms with Gasteiger partial charge < -0.3 is 14.3 Å². The third-order valence-electron chi connectivity index (χ3n) is 4.05. The van der Waals surface area contributed by atoms with Gasteiger partial charge in [0.2, 0.25) is 0 Å². The Labute approximate surface area is 130 Å². The molecule has 3 heterocycles. The number of likely N-dealkylation sites (tertiary alicyclic amines) is 1. The molecule has 2 aromatic heterocycles. The topological polar surface area (TPSA) is 63.7 Å². The molecule has 0 bridgehead atoms. The first kappa shape index (κ1) is 15.3. The van der Waals surface area contributed by atoms with E-state index in [9.17, 15) is 5.11 Å². The van der Waals surface area contributed by atoms with Crippen molar-refractivity contribution in [2.24, 2.45) is 7.05 Å². The summed E-state index contributed by atoms with van der Waals surface area (Å²) in [6.07, 6.45) is 7.38. The molecule has 0 aliphatic carbocycles. The maximum atomic E-state index is 10.2. The molecule has 1 fully saturated rings. The third-order valence-corrected chi connectivity index (χ3v) is 4.05. The molecule has 1 saturated heterocycles. The number of aliphatic hydroxyl groups excluding tert-OH is 1. The van der Waals surface area contributed by atoms with Crippen molar-refractivity contribution in [3.05, 3.63) is 42.1 Å². The summed E-state index contributed by atoms with van der Waals surface area (Å²) in [5.41, 5.74) is 1.23. The molecule has 6 nitrogen and oxygen atoms in total. The highest BCUT2D eigenvalue weighted by atomic mass is 16.5. The van der Waals surface area contributed by atoms with E-state index in [4.69, 9.17) is 9.15 Å². The number of β-amino-alcohol motifs (C(OH)–C–C–N with tert-alkyl or cyclic N) is 1. The normalized spacial score (nSPS) is 20.5. The van der Waals surface area contributed by atoms with E-state index in [-0.39, 0.29) is 0 Å². The second kappa shape index (κ2) is 7.09. The van der Waals surface area contributed by atoms with Crippen LogP contribution in [0.1, 0.15) is 30.2 Å². The molecular formula is C16H23N3O3. The van der Waals surface area contributed by atoms with Crippen LogP contribution in [0.25, 0.3) is 0 Å². The Morgan fingerprint density at radius 1 is 1.55 bits per heavy atom. The minimum Gasteiger partial charge on any atom is -0.467 e. The van der Waals surface area contributed by atoms with E-state index >= 15 is 0 Å². The van der Waals surface area contributed by atoms with E-state index in [1.54, 1.807) is 6.26 Å². The van der Waals surface area contributed by atoms with Crippen LogP contribution in [0.15, 0.2) is 35.2 Å². The van der Waals surface area contributed by atoms with Gasteiger partial charge in [0.25, 0.3) is 0 Å². The largest absolute Gasteiger partial charge is 0.467 e. The van der Waals surface area contributed by atoms with Crippen molar-refractivity contribution >= 4 is 0 Å². The molecule has 1 N–H and O–H groups in total. The standard InChI is InChI=1S/C16H23N3O3/c1-18-9-13(8-17-18)16-5-2-6-19(16)10-14(20)11-21-12-15-4-3-7-22-15/h3-4,7-9,14,16,20H,2,5-6,10-12H2,1H3. The molecule has 2 aromatic rings. The lowest BCUT2D eigenvalue weighted by molar-refractivity contribution is 0.00308. The van der Waals surface area contributed by atoms with Crippen LogP contribution in [-0.2, 0) is 18.4 Å². The zero-order valence-electron chi connectivity index (χ0n) is 12.9. The first-order chi connectivity index (χ1) is 10.7. The van der Waals surface area contributed by atoms with E-state index in [1.165, 1.54) is 5.56 Å². The maximum absolute atomic E-state index is 10.2. The number of hydrogen-bond donors (Lipinski definition) is 1. The molecule has 1 aliphatic heterocycles. The van der Waals surface area contributed by atoms with Crippen molar-refractivity contribution in [2.75, 3.05) is 19.7 Å². The van der Waals surface area contributed by atoms with Gasteiger partial charge in [0.1, 0.15) is 12.4 Å². The Bertz CT molecular complexity index is 567. The molecule has 1 aliphatic rings. The molecule has 0 saturated carbocycles. The summed E-state index contributed by atoms with van der Waals surface area (Å²) in [6, 6.07) is 4.05. The highest BCUT2D eigenvalue weighted by molar-refractivity contribution is 5.12. The lowest BCUT2D eigenvalue weighted by Gasteiger charge is -2.26. The first-order valence-electron chi connectivity index (χ1n) is 7.73. The zero-order chi connectivity index (χ0) is 15.4. The second-order valence-corrected chi connectivity index (χ2v) is 5.85. The van der Waals surface area contributed by atoms with Crippen LogP contribution in [-0.4, -0.2) is 45.6 Å². The minimum atomic E-state index is -0.493. The summed E-state index contributed by atoms with van der Waals surface area (Å²) in [6.45, 7) is 2.35. The van der Waals surface area contributed by atoms with Gasteiger partial charge in [0.05, 0.1) is 25.2 Å². The molecule has 0 spiro atoms. The fraction of sp³-hybridized carbons (Fsp3) is 0.562. The maximum Gasteiger partial charge on any atom is 0.129 e. The van der Waals surface area contributed by atoms with Crippen molar-refractivity contribution in [2.45, 2.75) is 31.6 Å². The number of aryl methyl sites for hydroxylation is 1. The second-order valence-electron chi connectivity index (χ2n) is 5.85. The Kier molecular flexibility index (Phi) is 4.92. The number of rotatable bonds is 7. The van der Waals surface area contributed by atoms with Crippen LogP contribution in [0.3, 0.4) is 0 Å². The van der Waals surface area contributed by atoms with E-state index in [1.807, 2.05) is 30.1 Å². The van der Waals surface area contributed by atoms with E-state index in [0.29, 0.717) is 25.8 Å². The minimum absolute atomic E-state index is 0.316. The molecule has 2 atom stereocenters. The number of ether oxygens (including phenoxy) is 1. The van der Waals surface area contributed by atoms with Crippen LogP contribution in [0.4, 0.5) is 0 Å². The van der Waals surface area contributed by atoms with Crippen LogP contribution in [0, 0.1) is 0 Å². The Balaban J connectivity index is 1.46. The summed E-state index contributed by atoms with van der Waals surface area (Å²) in [4.78, 5) is 2.32. The summed E-state index contributed by atoms with van der Waals surface area (Å²) >= 11 is 0. The molecule has 2 unspecified atom stereocenters. The summed E-state index contributed by atoms with van der Waals surface area (Å²) in [5.74, 6) is 0.779. The van der Waals surface area contributed by atoms with E-state index in [0.717, 1.165) is 25.1 Å². The SMILES string of the molecule is Cn1cc(C2CCCN2CC(O)COCc2ccco2)cn1. The average Bonchev–Trinajstić information content (AvgIpc) is 3.20. The van der Waals surface area contributed by atoms with Gasteiger partial charge >= 0.3 is 0 Å². The van der Waals surface area contributed by atoms with Crippen LogP contribution in [0.5, 0.6) is 0 Å². The molecule has 0 radical (unpaired) electrons. The smallest absolute Gasteiger partial charge is 0.129 e. The number of hydrogen-bond acceptors (Lipinski definition) is 5. The lowest BCUT2D eigenvalue weighted by Crippen LogP contribution is -2.34. The van der Waals surface area contributed by atoms with Gasteiger partial charge in [-0.1, -0.05) is 0 Å². The van der Waals surface area contributed by atoms with E-state index < -0.39 is 6.10 Å². The quantitative estimate of drug-likeness (QED) is 0.844. The highest BCUT2D eigenvalue weighted by Gasteiger charge is 2.28. The predicted octanol–water partition coefficient (Wildman–Crippen LogP) is 1.73. The molecular weight excluding hydrogens is 282 g/mol. The fourth-order valence-corrected chi connectivity index (χ4v) is 3.05. The van der Waals surface area contributed by atoms with Crippen molar-refractivity contribution in [1.82, 2.24) is 14.7 Å². The van der Waals surface area contributed by atoms with Gasteiger partial charge in [-0.15, -0.1) is 0 Å². The molecule has 120 valence electrons. The highest BCUT2D eigenvalue weighted by Crippen LogP contribution is 2.31. The van der Waals surface area contributed by atoms with Crippen LogP contribution < -0.4 is 0 Å². The van der Waals surface area contributed by atoms with Gasteiger partial charge in [-0.2, -0.15) is 5.10 Å². The Morgan fingerprint density at radius 2 is 2.45 bits per heavy atom. The number of nitrogens with zero attached hydrogens (tertiary/aromatic N) is 3. The number of aliphatic hydroxyl groups is 1. The van der Waals surface area contributed by atoms with Gasteiger partial charge in [-0.05, 0) is 31.5 Å². The van der Waals surface area contributed by atoms with Crippen molar-refractivity contribution in [3.8, 4) is 0 Å². The molecule has 0 aromatic carbocycles. The van der Waals surface area contributed by atoms with Gasteiger partial charge in [0.15, 0.2) is 0 Å². The molecule has 0 amide bonds. The summed E-state index contributed by atoms with van der Waals surface area (Å²) < 4.78 is 12.5. The van der Waals surface area contributed by atoms with Crippen molar-refractivity contribution < 1.29 is 14.3 Å². The average molecular weight is 305 g/mol. The first-order valence-corrected chi connectivity index (χ1v) is 7.73. The molecule has 22 heavy (non-hydrogen) atoms. The van der Waals surface area contributed by atoms with E-state index in [2.05, 4.69) is 16.2 Å². The summed E-state index contributed by atoms with van der Waals surface area (Å²) in [5, 5.41) is 14.4. The van der Waals surface area contributed by atoms with Gasteiger partial charge in [-0.25, -0.2) is 0 Å². The Hall–Kier alpha value is -1.63. The Morgan fingerprint density at radius 3 is 3.18 bits per heavy atom. The number of furan rings is 1. The van der Waals surface area contributed by atoms with Crippen LogP contribution in [0.2, 0.25) is 0 Å². The van der Waals surface area contributed by atoms with Gasteiger partial charge in [0, 0.05) is 31.4 Å². The summed E-state index contributed by atoms with van der Waals surface area (Å²) in [7, 11) is 1.93. The fourth-order valence-electron chi connectivity index (χ4n) is 3.05. The third kappa shape index (κ3) is 3.76. The van der Waals surface area contributed by atoms with Crippen LogP contribution >= 0.6 is 0 Å². The van der Waals surface area contributed by atoms with Gasteiger partial charge in [-0.3, -0.25) is 9.58 Å². The molecule has 3 rings (SSSR count). The monoisotopic (exact) mass is 305 g/mol. The molecule has 6 heteroatoms. The van der Waals surface area contributed by atoms with Crippen molar-refractivity contribution in [3.63, 3.8) is 0 Å².